The van der Waals surface area contributed by atoms with Crippen LogP contribution in [0.25, 0.3) is 11.0 Å². The van der Waals surface area contributed by atoms with Crippen LogP contribution in [0.2, 0.25) is 0 Å². The molecule has 4 rings (SSSR count). The number of nitrogens with one attached hydrogen (secondary N) is 1. The normalized spacial score (nSPS) is 16.7. The van der Waals surface area contributed by atoms with E-state index in [9.17, 15) is 8.42 Å². The second kappa shape index (κ2) is 8.88. The molecule has 1 atom stereocenters. The third-order valence-corrected chi connectivity index (χ3v) is 7.83. The minimum atomic E-state index is -3.46. The van der Waals surface area contributed by atoms with Crippen molar-refractivity contribution in [3.05, 3.63) is 59.9 Å². The SMILES string of the molecule is CCn1c(CNC(C)c2ccccc2)nc2cc(S(=O)(=O)N3CCCCC3)ccc21. The monoisotopic (exact) mass is 426 g/mol. The van der Waals surface area contributed by atoms with Crippen molar-refractivity contribution >= 4 is 21.1 Å². The van der Waals surface area contributed by atoms with Crippen LogP contribution < -0.4 is 5.32 Å². The average Bonchev–Trinajstić information content (AvgIpc) is 3.15. The second-order valence-corrected chi connectivity index (χ2v) is 9.84. The van der Waals surface area contributed by atoms with Gasteiger partial charge in [-0.05, 0) is 50.5 Å². The van der Waals surface area contributed by atoms with Crippen molar-refractivity contribution in [3.8, 4) is 0 Å². The van der Waals surface area contributed by atoms with Crippen LogP contribution in [0.15, 0.2) is 53.4 Å². The van der Waals surface area contributed by atoms with Crippen LogP contribution in [0.3, 0.4) is 0 Å². The average molecular weight is 427 g/mol. The molecule has 1 aromatic heterocycles. The number of sulfonamides is 1. The molecule has 0 aliphatic carbocycles. The Morgan fingerprint density at radius 1 is 1.07 bits per heavy atom. The highest BCUT2D eigenvalue weighted by Crippen LogP contribution is 2.25. The summed E-state index contributed by atoms with van der Waals surface area (Å²) in [5.74, 6) is 0.919. The molecule has 7 heteroatoms. The third kappa shape index (κ3) is 4.15. The zero-order valence-corrected chi connectivity index (χ0v) is 18.5. The molecule has 1 saturated heterocycles. The zero-order chi connectivity index (χ0) is 21.1. The molecule has 0 bridgehead atoms. The number of hydrogen-bond donors (Lipinski definition) is 1. The minimum absolute atomic E-state index is 0.200. The molecule has 6 nitrogen and oxygen atoms in total. The summed E-state index contributed by atoms with van der Waals surface area (Å²) in [6.07, 6.45) is 2.96. The highest BCUT2D eigenvalue weighted by molar-refractivity contribution is 7.89. The Kier molecular flexibility index (Phi) is 6.22. The fourth-order valence-electron chi connectivity index (χ4n) is 4.17. The fourth-order valence-corrected chi connectivity index (χ4v) is 5.70. The molecule has 3 aromatic rings. The maximum atomic E-state index is 13.0. The Hall–Kier alpha value is -2.22. The van der Waals surface area contributed by atoms with Gasteiger partial charge in [0.25, 0.3) is 0 Å². The van der Waals surface area contributed by atoms with Crippen LogP contribution in [0.1, 0.15) is 50.5 Å². The first-order valence-electron chi connectivity index (χ1n) is 10.8. The summed E-state index contributed by atoms with van der Waals surface area (Å²) in [5.41, 5.74) is 2.94. The highest BCUT2D eigenvalue weighted by Gasteiger charge is 2.26. The van der Waals surface area contributed by atoms with E-state index in [-0.39, 0.29) is 6.04 Å². The van der Waals surface area contributed by atoms with E-state index in [4.69, 9.17) is 4.98 Å². The van der Waals surface area contributed by atoms with Crippen LogP contribution in [0.5, 0.6) is 0 Å². The van der Waals surface area contributed by atoms with Crippen molar-refractivity contribution in [3.63, 3.8) is 0 Å². The molecule has 2 aromatic carbocycles. The summed E-state index contributed by atoms with van der Waals surface area (Å²) in [4.78, 5) is 5.13. The van der Waals surface area contributed by atoms with E-state index in [1.165, 1.54) is 5.56 Å². The van der Waals surface area contributed by atoms with Gasteiger partial charge in [0, 0.05) is 25.7 Å². The van der Waals surface area contributed by atoms with Gasteiger partial charge in [0.2, 0.25) is 10.0 Å². The van der Waals surface area contributed by atoms with Gasteiger partial charge >= 0.3 is 0 Å². The second-order valence-electron chi connectivity index (χ2n) is 7.90. The molecule has 0 radical (unpaired) electrons. The van der Waals surface area contributed by atoms with Gasteiger partial charge in [0.1, 0.15) is 5.82 Å². The van der Waals surface area contributed by atoms with Gasteiger partial charge in [-0.25, -0.2) is 13.4 Å². The van der Waals surface area contributed by atoms with Crippen molar-refractivity contribution in [1.82, 2.24) is 19.2 Å². The van der Waals surface area contributed by atoms with Gasteiger partial charge in [-0.3, -0.25) is 0 Å². The molecule has 30 heavy (non-hydrogen) atoms. The van der Waals surface area contributed by atoms with Gasteiger partial charge in [-0.15, -0.1) is 0 Å². The number of benzene rings is 2. The topological polar surface area (TPSA) is 67.2 Å². The van der Waals surface area contributed by atoms with Crippen molar-refractivity contribution < 1.29 is 8.42 Å². The number of rotatable bonds is 7. The number of piperidine rings is 1. The molecule has 1 aliphatic rings. The zero-order valence-electron chi connectivity index (χ0n) is 17.7. The lowest BCUT2D eigenvalue weighted by molar-refractivity contribution is 0.346. The standard InChI is InChI=1S/C23H30N4O2S/c1-3-27-22-13-12-20(30(28,29)26-14-8-5-9-15-26)16-21(22)25-23(27)17-24-18(2)19-10-6-4-7-11-19/h4,6-7,10-13,16,18,24H,3,5,8-9,14-15,17H2,1-2H3. The van der Waals surface area contributed by atoms with E-state index >= 15 is 0 Å². The predicted molar refractivity (Wildman–Crippen MR) is 120 cm³/mol. The smallest absolute Gasteiger partial charge is 0.243 e. The highest BCUT2D eigenvalue weighted by atomic mass is 32.2. The summed E-state index contributed by atoms with van der Waals surface area (Å²) in [6.45, 7) is 6.84. The molecule has 1 aliphatic heterocycles. The Balaban J connectivity index is 1.59. The third-order valence-electron chi connectivity index (χ3n) is 5.93. The van der Waals surface area contributed by atoms with Crippen molar-refractivity contribution in [2.75, 3.05) is 13.1 Å². The van der Waals surface area contributed by atoms with Crippen LogP contribution >= 0.6 is 0 Å². The van der Waals surface area contributed by atoms with Crippen molar-refractivity contribution in [2.45, 2.75) is 57.1 Å². The summed E-state index contributed by atoms with van der Waals surface area (Å²) in [6, 6.07) is 15.9. The first kappa shape index (κ1) is 21.0. The quantitative estimate of drug-likeness (QED) is 0.618. The van der Waals surface area contributed by atoms with Gasteiger partial charge in [0.15, 0.2) is 0 Å². The molecule has 1 unspecified atom stereocenters. The van der Waals surface area contributed by atoms with Crippen LogP contribution in [0.4, 0.5) is 0 Å². The van der Waals surface area contributed by atoms with Crippen LogP contribution in [-0.4, -0.2) is 35.4 Å². The number of fused-ring (bicyclic) bond motifs is 1. The summed E-state index contributed by atoms with van der Waals surface area (Å²) < 4.78 is 29.8. The summed E-state index contributed by atoms with van der Waals surface area (Å²) >= 11 is 0. The van der Waals surface area contributed by atoms with Crippen molar-refractivity contribution in [2.24, 2.45) is 0 Å². The largest absolute Gasteiger partial charge is 0.327 e. The molecular formula is C23H30N4O2S. The lowest BCUT2D eigenvalue weighted by Crippen LogP contribution is -2.35. The minimum Gasteiger partial charge on any atom is -0.327 e. The number of aromatic nitrogens is 2. The van der Waals surface area contributed by atoms with Crippen LogP contribution in [-0.2, 0) is 23.1 Å². The van der Waals surface area contributed by atoms with E-state index in [1.54, 1.807) is 16.4 Å². The molecule has 160 valence electrons. The Morgan fingerprint density at radius 3 is 2.50 bits per heavy atom. The number of aryl methyl sites for hydroxylation is 1. The number of nitrogens with zero attached hydrogens (tertiary/aromatic N) is 3. The molecule has 0 spiro atoms. The lowest BCUT2D eigenvalue weighted by Gasteiger charge is -2.25. The molecule has 1 fully saturated rings. The predicted octanol–water partition coefficient (Wildman–Crippen LogP) is 4.08. The van der Waals surface area contributed by atoms with Crippen LogP contribution in [0, 0.1) is 0 Å². The Labute approximate surface area is 179 Å². The van der Waals surface area contributed by atoms with E-state index in [0.29, 0.717) is 24.5 Å². The van der Waals surface area contributed by atoms with Gasteiger partial charge in [0.05, 0.1) is 22.5 Å². The summed E-state index contributed by atoms with van der Waals surface area (Å²) in [5, 5.41) is 3.54. The molecule has 0 saturated carbocycles. The number of imidazole rings is 1. The van der Waals surface area contributed by atoms with Gasteiger partial charge in [-0.1, -0.05) is 36.8 Å². The summed E-state index contributed by atoms with van der Waals surface area (Å²) in [7, 11) is -3.46. The van der Waals surface area contributed by atoms with E-state index in [2.05, 4.69) is 35.9 Å². The Morgan fingerprint density at radius 2 is 1.80 bits per heavy atom. The van der Waals surface area contributed by atoms with E-state index < -0.39 is 10.0 Å². The maximum Gasteiger partial charge on any atom is 0.243 e. The maximum absolute atomic E-state index is 13.0. The van der Waals surface area contributed by atoms with E-state index in [1.807, 2.05) is 24.3 Å². The first-order chi connectivity index (χ1) is 14.5. The van der Waals surface area contributed by atoms with E-state index in [0.717, 1.165) is 42.7 Å². The molecule has 1 N–H and O–H groups in total. The Bertz CT molecular complexity index is 1100. The van der Waals surface area contributed by atoms with Gasteiger partial charge < -0.3 is 9.88 Å². The fraction of sp³-hybridized carbons (Fsp3) is 0.435. The molecular weight excluding hydrogens is 396 g/mol. The lowest BCUT2D eigenvalue weighted by atomic mass is 10.1. The van der Waals surface area contributed by atoms with Crippen molar-refractivity contribution in [1.29, 1.82) is 0 Å². The molecule has 2 heterocycles. The molecule has 0 amide bonds. The number of hydrogen-bond acceptors (Lipinski definition) is 4. The first-order valence-corrected chi connectivity index (χ1v) is 12.2. The van der Waals surface area contributed by atoms with Gasteiger partial charge in [-0.2, -0.15) is 4.31 Å².